The van der Waals surface area contributed by atoms with Crippen LogP contribution in [0.3, 0.4) is 0 Å². The Morgan fingerprint density at radius 1 is 1.17 bits per heavy atom. The lowest BCUT2D eigenvalue weighted by molar-refractivity contribution is 0.249. The van der Waals surface area contributed by atoms with E-state index in [0.29, 0.717) is 10.7 Å². The summed E-state index contributed by atoms with van der Waals surface area (Å²) in [7, 11) is 0. The summed E-state index contributed by atoms with van der Waals surface area (Å²) in [5.74, 6) is -1.86. The molecule has 4 nitrogen and oxygen atoms in total. The number of aromatic nitrogens is 1. The molecule has 0 spiro atoms. The average Bonchev–Trinajstić information content (AvgIpc) is 2.91. The number of halogens is 2. The van der Waals surface area contributed by atoms with E-state index in [1.807, 2.05) is 24.3 Å². The summed E-state index contributed by atoms with van der Waals surface area (Å²) in [6.45, 7) is 1.69. The number of nitrogens with zero attached hydrogens (tertiary/aromatic N) is 1. The number of thiazole rings is 1. The highest BCUT2D eigenvalue weighted by molar-refractivity contribution is 7.22. The number of nitrogens with one attached hydrogen (secondary N) is 2. The SMILES string of the molecule is C[C@H](NC(=O)Nc1nc2ccccc2s1)c1ccc(F)c(F)c1. The van der Waals surface area contributed by atoms with Gasteiger partial charge in [-0.1, -0.05) is 29.5 Å². The molecule has 0 aliphatic heterocycles. The fraction of sp³-hybridized carbons (Fsp3) is 0.125. The summed E-state index contributed by atoms with van der Waals surface area (Å²) in [4.78, 5) is 16.3. The van der Waals surface area contributed by atoms with Crippen LogP contribution in [-0.4, -0.2) is 11.0 Å². The molecule has 2 amide bonds. The van der Waals surface area contributed by atoms with Gasteiger partial charge < -0.3 is 5.32 Å². The van der Waals surface area contributed by atoms with Crippen molar-refractivity contribution in [3.63, 3.8) is 0 Å². The molecule has 0 aliphatic carbocycles. The quantitative estimate of drug-likeness (QED) is 0.743. The van der Waals surface area contributed by atoms with Crippen LogP contribution in [0.25, 0.3) is 10.2 Å². The van der Waals surface area contributed by atoms with Crippen molar-refractivity contribution in [2.75, 3.05) is 5.32 Å². The molecule has 7 heteroatoms. The molecular weight excluding hydrogens is 320 g/mol. The highest BCUT2D eigenvalue weighted by Crippen LogP contribution is 2.25. The van der Waals surface area contributed by atoms with Crippen molar-refractivity contribution in [3.8, 4) is 0 Å². The first-order chi connectivity index (χ1) is 11.0. The van der Waals surface area contributed by atoms with Gasteiger partial charge in [0.1, 0.15) is 0 Å². The molecule has 0 saturated carbocycles. The zero-order valence-electron chi connectivity index (χ0n) is 12.1. The smallest absolute Gasteiger partial charge is 0.321 e. The van der Waals surface area contributed by atoms with Gasteiger partial charge in [-0.05, 0) is 36.8 Å². The van der Waals surface area contributed by atoms with Gasteiger partial charge in [-0.3, -0.25) is 5.32 Å². The van der Waals surface area contributed by atoms with Crippen LogP contribution in [0.5, 0.6) is 0 Å². The maximum absolute atomic E-state index is 13.2. The van der Waals surface area contributed by atoms with Crippen LogP contribution in [0.2, 0.25) is 0 Å². The number of hydrogen-bond acceptors (Lipinski definition) is 3. The molecule has 1 aromatic heterocycles. The Morgan fingerprint density at radius 3 is 2.70 bits per heavy atom. The molecule has 23 heavy (non-hydrogen) atoms. The van der Waals surface area contributed by atoms with Crippen molar-refractivity contribution in [2.45, 2.75) is 13.0 Å². The van der Waals surface area contributed by atoms with Gasteiger partial charge in [0.05, 0.1) is 16.3 Å². The Hall–Kier alpha value is -2.54. The molecular formula is C16H13F2N3OS. The number of hydrogen-bond donors (Lipinski definition) is 2. The van der Waals surface area contributed by atoms with Crippen molar-refractivity contribution in [3.05, 3.63) is 59.7 Å². The van der Waals surface area contributed by atoms with E-state index < -0.39 is 23.7 Å². The summed E-state index contributed by atoms with van der Waals surface area (Å²) >= 11 is 1.36. The van der Waals surface area contributed by atoms with E-state index in [1.165, 1.54) is 17.4 Å². The van der Waals surface area contributed by atoms with Crippen molar-refractivity contribution in [1.82, 2.24) is 10.3 Å². The standard InChI is InChI=1S/C16H13F2N3OS/c1-9(10-6-7-11(17)12(18)8-10)19-15(22)21-16-20-13-4-2-3-5-14(13)23-16/h2-9H,1H3,(H2,19,20,21,22)/t9-/m0/s1. The van der Waals surface area contributed by atoms with Gasteiger partial charge in [0.2, 0.25) is 0 Å². The van der Waals surface area contributed by atoms with E-state index in [0.717, 1.165) is 22.3 Å². The van der Waals surface area contributed by atoms with Crippen LogP contribution < -0.4 is 10.6 Å². The van der Waals surface area contributed by atoms with Crippen molar-refractivity contribution >= 4 is 32.7 Å². The monoisotopic (exact) mass is 333 g/mol. The van der Waals surface area contributed by atoms with Crippen molar-refractivity contribution in [2.24, 2.45) is 0 Å². The third-order valence-corrected chi connectivity index (χ3v) is 4.26. The van der Waals surface area contributed by atoms with E-state index in [2.05, 4.69) is 15.6 Å². The van der Waals surface area contributed by atoms with E-state index in [9.17, 15) is 13.6 Å². The van der Waals surface area contributed by atoms with Crippen LogP contribution in [-0.2, 0) is 0 Å². The Morgan fingerprint density at radius 2 is 1.96 bits per heavy atom. The first kappa shape index (κ1) is 15.4. The van der Waals surface area contributed by atoms with Gasteiger partial charge in [0.25, 0.3) is 0 Å². The summed E-state index contributed by atoms with van der Waals surface area (Å²) in [6.07, 6.45) is 0. The van der Waals surface area contributed by atoms with Gasteiger partial charge in [0.15, 0.2) is 16.8 Å². The zero-order valence-corrected chi connectivity index (χ0v) is 13.0. The normalized spacial score (nSPS) is 12.1. The summed E-state index contributed by atoms with van der Waals surface area (Å²) in [6, 6.07) is 10.2. The molecule has 3 aromatic rings. The average molecular weight is 333 g/mol. The van der Waals surface area contributed by atoms with E-state index in [4.69, 9.17) is 0 Å². The number of para-hydroxylation sites is 1. The first-order valence-corrected chi connectivity index (χ1v) is 7.72. The van der Waals surface area contributed by atoms with Crippen LogP contribution in [0, 0.1) is 11.6 Å². The third kappa shape index (κ3) is 3.45. The zero-order chi connectivity index (χ0) is 16.4. The highest BCUT2D eigenvalue weighted by atomic mass is 32.1. The van der Waals surface area contributed by atoms with Gasteiger partial charge in [-0.25, -0.2) is 18.6 Å². The van der Waals surface area contributed by atoms with Crippen LogP contribution in [0.15, 0.2) is 42.5 Å². The Labute approximate surface area is 135 Å². The van der Waals surface area contributed by atoms with Gasteiger partial charge in [-0.15, -0.1) is 0 Å². The van der Waals surface area contributed by atoms with Gasteiger partial charge in [0, 0.05) is 0 Å². The minimum atomic E-state index is -0.942. The molecule has 3 rings (SSSR count). The Bertz CT molecular complexity index is 832. The Balaban J connectivity index is 1.67. The lowest BCUT2D eigenvalue weighted by Crippen LogP contribution is -2.31. The molecule has 2 N–H and O–H groups in total. The number of benzene rings is 2. The van der Waals surface area contributed by atoms with Crippen molar-refractivity contribution in [1.29, 1.82) is 0 Å². The Kier molecular flexibility index (Phi) is 4.20. The van der Waals surface area contributed by atoms with Crippen molar-refractivity contribution < 1.29 is 13.6 Å². The third-order valence-electron chi connectivity index (χ3n) is 3.31. The number of anilines is 1. The van der Waals surface area contributed by atoms with Crippen LogP contribution in [0.1, 0.15) is 18.5 Å². The second-order valence-electron chi connectivity index (χ2n) is 4.98. The molecule has 0 bridgehead atoms. The maximum Gasteiger partial charge on any atom is 0.321 e. The molecule has 0 aliphatic rings. The molecule has 0 unspecified atom stereocenters. The van der Waals surface area contributed by atoms with Gasteiger partial charge in [-0.2, -0.15) is 0 Å². The second kappa shape index (κ2) is 6.29. The van der Waals surface area contributed by atoms with Crippen LogP contribution in [0.4, 0.5) is 18.7 Å². The number of fused-ring (bicyclic) bond motifs is 1. The lowest BCUT2D eigenvalue weighted by atomic mass is 10.1. The lowest BCUT2D eigenvalue weighted by Gasteiger charge is -2.14. The number of carbonyl (C=O) groups is 1. The molecule has 1 heterocycles. The fourth-order valence-electron chi connectivity index (χ4n) is 2.12. The number of carbonyl (C=O) groups excluding carboxylic acids is 1. The first-order valence-electron chi connectivity index (χ1n) is 6.91. The molecule has 0 radical (unpaired) electrons. The summed E-state index contributed by atoms with van der Waals surface area (Å²) in [5, 5.41) is 5.78. The number of rotatable bonds is 3. The minimum absolute atomic E-state index is 0.457. The highest BCUT2D eigenvalue weighted by Gasteiger charge is 2.13. The summed E-state index contributed by atoms with van der Waals surface area (Å²) < 4.78 is 27.1. The van der Waals surface area contributed by atoms with E-state index in [-0.39, 0.29) is 0 Å². The number of amides is 2. The predicted octanol–water partition coefficient (Wildman–Crippen LogP) is 4.46. The largest absolute Gasteiger partial charge is 0.331 e. The molecule has 118 valence electrons. The molecule has 2 aromatic carbocycles. The summed E-state index contributed by atoms with van der Waals surface area (Å²) in [5.41, 5.74) is 1.28. The molecule has 0 fully saturated rings. The maximum atomic E-state index is 13.2. The number of urea groups is 1. The second-order valence-corrected chi connectivity index (χ2v) is 6.01. The van der Waals surface area contributed by atoms with Gasteiger partial charge >= 0.3 is 6.03 Å². The van der Waals surface area contributed by atoms with E-state index >= 15 is 0 Å². The fourth-order valence-corrected chi connectivity index (χ4v) is 2.98. The van der Waals surface area contributed by atoms with Crippen LogP contribution >= 0.6 is 11.3 Å². The molecule has 1 atom stereocenters. The van der Waals surface area contributed by atoms with E-state index in [1.54, 1.807) is 6.92 Å². The topological polar surface area (TPSA) is 54.0 Å². The predicted molar refractivity (Wildman–Crippen MR) is 86.5 cm³/mol. The molecule has 0 saturated heterocycles. The minimum Gasteiger partial charge on any atom is -0.331 e.